The predicted molar refractivity (Wildman–Crippen MR) is 81.5 cm³/mol. The fourth-order valence-electron chi connectivity index (χ4n) is 2.91. The Bertz CT molecular complexity index is 704. The zero-order valence-electron chi connectivity index (χ0n) is 12.4. The maximum Gasteiger partial charge on any atom is 0.229 e. The van der Waals surface area contributed by atoms with E-state index in [1.807, 2.05) is 7.05 Å². The monoisotopic (exact) mass is 318 g/mol. The first-order chi connectivity index (χ1) is 10.7. The minimum Gasteiger partial charge on any atom is -0.300 e. The van der Waals surface area contributed by atoms with Crippen molar-refractivity contribution in [1.29, 1.82) is 0 Å². The first-order valence-corrected chi connectivity index (χ1v) is 8.47. The molecule has 0 saturated heterocycles. The molecule has 2 aliphatic carbocycles. The predicted octanol–water partition coefficient (Wildman–Crippen LogP) is 1.36. The second kappa shape index (κ2) is 5.42. The SMILES string of the molecule is Cn1nnc2c1CC(C(=O)Nc1nc(CC3CC3)ns1)CC2. The van der Waals surface area contributed by atoms with E-state index in [2.05, 4.69) is 25.0 Å². The van der Waals surface area contributed by atoms with Gasteiger partial charge in [0.2, 0.25) is 11.0 Å². The summed E-state index contributed by atoms with van der Waals surface area (Å²) in [5.41, 5.74) is 2.09. The fourth-order valence-corrected chi connectivity index (χ4v) is 3.51. The van der Waals surface area contributed by atoms with Crippen molar-refractivity contribution in [3.05, 3.63) is 17.2 Å². The van der Waals surface area contributed by atoms with Gasteiger partial charge in [0.15, 0.2) is 0 Å². The van der Waals surface area contributed by atoms with E-state index in [4.69, 9.17) is 0 Å². The molecule has 1 atom stereocenters. The highest BCUT2D eigenvalue weighted by molar-refractivity contribution is 7.09. The summed E-state index contributed by atoms with van der Waals surface area (Å²) in [5, 5.41) is 11.7. The molecular formula is C14H18N6OS. The summed E-state index contributed by atoms with van der Waals surface area (Å²) in [4.78, 5) is 16.9. The van der Waals surface area contributed by atoms with Crippen molar-refractivity contribution < 1.29 is 4.79 Å². The van der Waals surface area contributed by atoms with Gasteiger partial charge in [-0.05, 0) is 31.6 Å². The van der Waals surface area contributed by atoms with Crippen molar-refractivity contribution in [3.63, 3.8) is 0 Å². The molecule has 8 heteroatoms. The van der Waals surface area contributed by atoms with E-state index in [0.29, 0.717) is 11.6 Å². The van der Waals surface area contributed by atoms with Crippen LogP contribution in [-0.4, -0.2) is 30.3 Å². The van der Waals surface area contributed by atoms with Gasteiger partial charge in [0.05, 0.1) is 11.4 Å². The van der Waals surface area contributed by atoms with Crippen LogP contribution in [0.3, 0.4) is 0 Å². The first kappa shape index (κ1) is 13.8. The highest BCUT2D eigenvalue weighted by Crippen LogP contribution is 2.32. The molecule has 0 aliphatic heterocycles. The van der Waals surface area contributed by atoms with Crippen LogP contribution in [0, 0.1) is 11.8 Å². The van der Waals surface area contributed by atoms with Crippen LogP contribution in [0.4, 0.5) is 5.13 Å². The van der Waals surface area contributed by atoms with Crippen molar-refractivity contribution in [1.82, 2.24) is 24.4 Å². The second-order valence-corrected chi connectivity index (χ2v) is 6.95. The Balaban J connectivity index is 1.39. The zero-order valence-corrected chi connectivity index (χ0v) is 13.3. The quantitative estimate of drug-likeness (QED) is 0.920. The fraction of sp³-hybridized carbons (Fsp3) is 0.643. The number of aryl methyl sites for hydroxylation is 2. The summed E-state index contributed by atoms with van der Waals surface area (Å²) >= 11 is 1.28. The number of amides is 1. The van der Waals surface area contributed by atoms with Crippen LogP contribution in [0.2, 0.25) is 0 Å². The lowest BCUT2D eigenvalue weighted by molar-refractivity contribution is -0.120. The van der Waals surface area contributed by atoms with Gasteiger partial charge in [-0.15, -0.1) is 5.10 Å². The number of carbonyl (C=O) groups excluding carboxylic acids is 1. The van der Waals surface area contributed by atoms with Crippen molar-refractivity contribution in [3.8, 4) is 0 Å². The van der Waals surface area contributed by atoms with Gasteiger partial charge in [0, 0.05) is 37.3 Å². The molecule has 1 fully saturated rings. The van der Waals surface area contributed by atoms with Crippen molar-refractivity contribution in [2.45, 2.75) is 38.5 Å². The zero-order chi connectivity index (χ0) is 15.1. The van der Waals surface area contributed by atoms with E-state index in [1.165, 1.54) is 24.4 Å². The summed E-state index contributed by atoms with van der Waals surface area (Å²) in [5.74, 6) is 1.61. The van der Waals surface area contributed by atoms with Crippen LogP contribution >= 0.6 is 11.5 Å². The van der Waals surface area contributed by atoms with Gasteiger partial charge in [-0.1, -0.05) is 5.21 Å². The Hall–Kier alpha value is -1.83. The molecule has 0 spiro atoms. The molecule has 1 saturated carbocycles. The summed E-state index contributed by atoms with van der Waals surface area (Å²) in [6.07, 6.45) is 5.82. The van der Waals surface area contributed by atoms with Gasteiger partial charge in [-0.25, -0.2) is 4.98 Å². The smallest absolute Gasteiger partial charge is 0.229 e. The van der Waals surface area contributed by atoms with E-state index in [9.17, 15) is 4.79 Å². The lowest BCUT2D eigenvalue weighted by Crippen LogP contribution is -2.29. The van der Waals surface area contributed by atoms with Crippen LogP contribution in [-0.2, 0) is 31.1 Å². The van der Waals surface area contributed by atoms with E-state index in [0.717, 1.165) is 42.4 Å². The Morgan fingerprint density at radius 3 is 3.09 bits per heavy atom. The van der Waals surface area contributed by atoms with Crippen LogP contribution in [0.1, 0.15) is 36.5 Å². The number of carbonyl (C=O) groups is 1. The highest BCUT2D eigenvalue weighted by atomic mass is 32.1. The van der Waals surface area contributed by atoms with Gasteiger partial charge < -0.3 is 5.32 Å². The molecule has 0 radical (unpaired) electrons. The van der Waals surface area contributed by atoms with Gasteiger partial charge in [-0.3, -0.25) is 9.48 Å². The summed E-state index contributed by atoms with van der Waals surface area (Å²) in [7, 11) is 1.88. The molecule has 2 aromatic rings. The third-order valence-corrected chi connectivity index (χ3v) is 5.10. The maximum absolute atomic E-state index is 12.4. The minimum atomic E-state index is -0.0412. The summed E-state index contributed by atoms with van der Waals surface area (Å²) in [6.45, 7) is 0. The normalized spacial score (nSPS) is 20.7. The van der Waals surface area contributed by atoms with E-state index < -0.39 is 0 Å². The number of nitrogens with zero attached hydrogens (tertiary/aromatic N) is 5. The van der Waals surface area contributed by atoms with Crippen LogP contribution in [0.5, 0.6) is 0 Å². The number of hydrogen-bond donors (Lipinski definition) is 1. The van der Waals surface area contributed by atoms with Gasteiger partial charge in [-0.2, -0.15) is 4.37 Å². The number of rotatable bonds is 4. The molecule has 2 aromatic heterocycles. The Kier molecular flexibility index (Phi) is 3.40. The lowest BCUT2D eigenvalue weighted by atomic mass is 9.89. The number of anilines is 1. The molecule has 1 N–H and O–H groups in total. The average Bonchev–Trinajstić information content (AvgIpc) is 3.10. The molecule has 2 heterocycles. The third kappa shape index (κ3) is 2.75. The van der Waals surface area contributed by atoms with E-state index in [1.54, 1.807) is 4.68 Å². The van der Waals surface area contributed by atoms with Gasteiger partial charge in [0.1, 0.15) is 5.82 Å². The minimum absolute atomic E-state index is 0.0287. The Labute approximate surface area is 132 Å². The highest BCUT2D eigenvalue weighted by Gasteiger charge is 2.29. The lowest BCUT2D eigenvalue weighted by Gasteiger charge is -2.20. The molecular weight excluding hydrogens is 300 g/mol. The third-order valence-electron chi connectivity index (χ3n) is 4.43. The van der Waals surface area contributed by atoms with Crippen LogP contribution in [0.25, 0.3) is 0 Å². The van der Waals surface area contributed by atoms with Crippen molar-refractivity contribution in [2.24, 2.45) is 18.9 Å². The standard InChI is InChI=1S/C14H18N6OS/c1-20-11-7-9(4-5-10(11)17-19-20)13(21)16-14-15-12(18-22-14)6-8-2-3-8/h8-9H,2-7H2,1H3,(H,15,16,18,21). The number of hydrogen-bond acceptors (Lipinski definition) is 6. The number of fused-ring (bicyclic) bond motifs is 1. The first-order valence-electron chi connectivity index (χ1n) is 7.70. The molecule has 1 amide bonds. The van der Waals surface area contributed by atoms with Crippen LogP contribution in [0.15, 0.2) is 0 Å². The molecule has 1 unspecified atom stereocenters. The molecule has 2 aliphatic rings. The largest absolute Gasteiger partial charge is 0.300 e. The van der Waals surface area contributed by atoms with E-state index in [-0.39, 0.29) is 11.8 Å². The molecule has 4 rings (SSSR count). The maximum atomic E-state index is 12.4. The van der Waals surface area contributed by atoms with Gasteiger partial charge >= 0.3 is 0 Å². The molecule has 0 aromatic carbocycles. The van der Waals surface area contributed by atoms with Gasteiger partial charge in [0.25, 0.3) is 0 Å². The summed E-state index contributed by atoms with van der Waals surface area (Å²) < 4.78 is 6.10. The Morgan fingerprint density at radius 1 is 1.41 bits per heavy atom. The van der Waals surface area contributed by atoms with Crippen LogP contribution < -0.4 is 5.32 Å². The second-order valence-electron chi connectivity index (χ2n) is 6.20. The summed E-state index contributed by atoms with van der Waals surface area (Å²) in [6, 6.07) is 0. The topological polar surface area (TPSA) is 85.6 Å². The molecule has 0 bridgehead atoms. The Morgan fingerprint density at radius 2 is 2.27 bits per heavy atom. The molecule has 7 nitrogen and oxygen atoms in total. The average molecular weight is 318 g/mol. The molecule has 22 heavy (non-hydrogen) atoms. The molecule has 116 valence electrons. The van der Waals surface area contributed by atoms with Crippen molar-refractivity contribution >= 4 is 22.6 Å². The van der Waals surface area contributed by atoms with Crippen molar-refractivity contribution in [2.75, 3.05) is 5.32 Å². The number of aromatic nitrogens is 5. The number of nitrogens with one attached hydrogen (secondary N) is 1. The van der Waals surface area contributed by atoms with E-state index >= 15 is 0 Å².